The van der Waals surface area contributed by atoms with Crippen LogP contribution in [0.4, 0.5) is 4.79 Å². The number of carbonyl (C=O) groups excluding carboxylic acids is 4. The van der Waals surface area contributed by atoms with Crippen molar-refractivity contribution in [3.63, 3.8) is 0 Å². The van der Waals surface area contributed by atoms with Gasteiger partial charge in [0.2, 0.25) is 5.75 Å². The van der Waals surface area contributed by atoms with E-state index in [2.05, 4.69) is 5.32 Å². The van der Waals surface area contributed by atoms with E-state index in [4.69, 9.17) is 23.7 Å². The summed E-state index contributed by atoms with van der Waals surface area (Å²) in [6.45, 7) is 9.40. The number of ether oxygens (including phenoxy) is 5. The Bertz CT molecular complexity index is 1650. The van der Waals surface area contributed by atoms with Gasteiger partial charge in [0.05, 0.1) is 34.3 Å². The summed E-state index contributed by atoms with van der Waals surface area (Å²) in [7, 11) is 4.46. The summed E-state index contributed by atoms with van der Waals surface area (Å²) in [5.74, 6) is 0.0229. The molecule has 11 nitrogen and oxygen atoms in total. The average Bonchev–Trinajstić information content (AvgIpc) is 3.49. The van der Waals surface area contributed by atoms with E-state index < -0.39 is 23.7 Å². The summed E-state index contributed by atoms with van der Waals surface area (Å²) in [5, 5.41) is 3.40. The SMILES string of the molecule is COc1cc(C2=C(c3cn(CCOC(=O)C(CC(C)C)NC(=O)OC(C)(C)C)c4ccccc34)C(=O)CC2=O)cc(OC)c1OC. The van der Waals surface area contributed by atoms with Gasteiger partial charge in [-0.3, -0.25) is 9.59 Å². The van der Waals surface area contributed by atoms with Crippen molar-refractivity contribution in [3.05, 3.63) is 53.7 Å². The smallest absolute Gasteiger partial charge is 0.408 e. The molecule has 0 spiro atoms. The van der Waals surface area contributed by atoms with Crippen LogP contribution >= 0.6 is 0 Å². The number of nitrogens with zero attached hydrogens (tertiary/aromatic N) is 1. The predicted octanol–water partition coefficient (Wildman–Crippen LogP) is 5.60. The van der Waals surface area contributed by atoms with Crippen LogP contribution < -0.4 is 19.5 Å². The number of carbonyl (C=O) groups is 4. The second-order valence-corrected chi connectivity index (χ2v) is 12.4. The molecule has 0 radical (unpaired) electrons. The third-order valence-corrected chi connectivity index (χ3v) is 7.40. The van der Waals surface area contributed by atoms with Gasteiger partial charge in [-0.2, -0.15) is 0 Å². The fourth-order valence-corrected chi connectivity index (χ4v) is 5.53. The van der Waals surface area contributed by atoms with Gasteiger partial charge >= 0.3 is 12.1 Å². The predicted molar refractivity (Wildman–Crippen MR) is 173 cm³/mol. The minimum absolute atomic E-state index is 0.00714. The lowest BCUT2D eigenvalue weighted by Gasteiger charge is -2.23. The van der Waals surface area contributed by atoms with Gasteiger partial charge in [0.25, 0.3) is 0 Å². The number of alkyl carbamates (subject to hydrolysis) is 1. The Morgan fingerprint density at radius 3 is 2.15 bits per heavy atom. The quantitative estimate of drug-likeness (QED) is 0.200. The molecule has 246 valence electrons. The molecule has 4 rings (SSSR count). The standard InChI is InChI=1S/C35H42N2O9/c1-20(2)15-24(36-34(41)46-35(3,4)5)33(40)45-14-13-37-19-23(22-11-9-10-12-25(22)37)31-27(39)18-26(38)30(31)21-16-28(42-6)32(44-8)29(17-21)43-7/h9-12,16-17,19-20,24H,13-15,18H2,1-8H3,(H,36,41). The van der Waals surface area contributed by atoms with Gasteiger partial charge in [-0.25, -0.2) is 9.59 Å². The summed E-state index contributed by atoms with van der Waals surface area (Å²) in [6, 6.07) is 9.94. The topological polar surface area (TPSA) is 131 Å². The number of fused-ring (bicyclic) bond motifs is 1. The summed E-state index contributed by atoms with van der Waals surface area (Å²) in [4.78, 5) is 52.2. The minimum Gasteiger partial charge on any atom is -0.493 e. The van der Waals surface area contributed by atoms with E-state index in [0.717, 1.165) is 10.9 Å². The van der Waals surface area contributed by atoms with Gasteiger partial charge in [-0.05, 0) is 56.9 Å². The van der Waals surface area contributed by atoms with Crippen molar-refractivity contribution in [2.24, 2.45) is 5.92 Å². The average molecular weight is 635 g/mol. The number of benzene rings is 2. The highest BCUT2D eigenvalue weighted by Crippen LogP contribution is 2.44. The van der Waals surface area contributed by atoms with Crippen LogP contribution in [0.25, 0.3) is 22.0 Å². The van der Waals surface area contributed by atoms with E-state index in [-0.39, 0.29) is 42.6 Å². The molecule has 3 aromatic rings. The number of hydrogen-bond donors (Lipinski definition) is 1. The van der Waals surface area contributed by atoms with E-state index >= 15 is 0 Å². The molecule has 1 aromatic heterocycles. The molecule has 0 aliphatic heterocycles. The van der Waals surface area contributed by atoms with E-state index in [1.54, 1.807) is 39.1 Å². The number of methoxy groups -OCH3 is 3. The van der Waals surface area contributed by atoms with E-state index in [0.29, 0.717) is 40.4 Å². The first-order chi connectivity index (χ1) is 21.8. The molecule has 0 saturated carbocycles. The zero-order valence-corrected chi connectivity index (χ0v) is 27.6. The molecule has 1 amide bonds. The molecule has 0 bridgehead atoms. The molecular formula is C35H42N2O9. The second kappa shape index (κ2) is 14.1. The molecule has 0 fully saturated rings. The maximum Gasteiger partial charge on any atom is 0.408 e. The Kier molecular flexibility index (Phi) is 10.4. The van der Waals surface area contributed by atoms with Crippen LogP contribution in [0, 0.1) is 5.92 Å². The Hall–Kier alpha value is -4.80. The highest BCUT2D eigenvalue weighted by molar-refractivity contribution is 6.51. The summed E-state index contributed by atoms with van der Waals surface area (Å²) in [6.07, 6.45) is 1.22. The molecule has 0 saturated heterocycles. The highest BCUT2D eigenvalue weighted by Gasteiger charge is 2.35. The Morgan fingerprint density at radius 2 is 1.57 bits per heavy atom. The van der Waals surface area contributed by atoms with Crippen LogP contribution in [-0.2, 0) is 30.4 Å². The Labute approximate surface area is 268 Å². The maximum atomic E-state index is 13.4. The zero-order valence-electron chi connectivity index (χ0n) is 27.6. The molecule has 1 N–H and O–H groups in total. The first-order valence-electron chi connectivity index (χ1n) is 15.1. The van der Waals surface area contributed by atoms with Crippen molar-refractivity contribution in [3.8, 4) is 17.2 Å². The van der Waals surface area contributed by atoms with Gasteiger partial charge in [-0.1, -0.05) is 32.0 Å². The van der Waals surface area contributed by atoms with Crippen molar-refractivity contribution < 1.29 is 42.9 Å². The number of hydrogen-bond acceptors (Lipinski definition) is 9. The van der Waals surface area contributed by atoms with Gasteiger partial charge in [0.1, 0.15) is 18.2 Å². The number of ketones is 2. The lowest BCUT2D eigenvalue weighted by Crippen LogP contribution is -2.45. The number of nitrogens with one attached hydrogen (secondary N) is 1. The van der Waals surface area contributed by atoms with E-state index in [1.165, 1.54) is 21.3 Å². The normalized spacial score (nSPS) is 14.1. The lowest BCUT2D eigenvalue weighted by atomic mass is 9.95. The highest BCUT2D eigenvalue weighted by atomic mass is 16.6. The van der Waals surface area contributed by atoms with Gasteiger partial charge in [0, 0.05) is 33.8 Å². The van der Waals surface area contributed by atoms with Crippen molar-refractivity contribution in [2.45, 2.75) is 65.6 Å². The molecule has 2 aromatic carbocycles. The van der Waals surface area contributed by atoms with Gasteiger partial charge < -0.3 is 33.6 Å². The Morgan fingerprint density at radius 1 is 0.935 bits per heavy atom. The Balaban J connectivity index is 1.65. The molecule has 1 aliphatic carbocycles. The molecule has 1 heterocycles. The van der Waals surface area contributed by atoms with Crippen molar-refractivity contribution in [2.75, 3.05) is 27.9 Å². The minimum atomic E-state index is -0.875. The van der Waals surface area contributed by atoms with Crippen molar-refractivity contribution >= 4 is 45.7 Å². The third kappa shape index (κ3) is 7.52. The summed E-state index contributed by atoms with van der Waals surface area (Å²) >= 11 is 0. The van der Waals surface area contributed by atoms with Gasteiger partial charge in [-0.15, -0.1) is 0 Å². The first kappa shape index (κ1) is 34.1. The molecule has 1 aliphatic rings. The van der Waals surface area contributed by atoms with Crippen LogP contribution in [-0.4, -0.2) is 67.8 Å². The molecule has 11 heteroatoms. The molecule has 1 unspecified atom stereocenters. The number of amides is 1. The van der Waals surface area contributed by atoms with E-state index in [1.807, 2.05) is 42.7 Å². The molecular weight excluding hydrogens is 592 g/mol. The van der Waals surface area contributed by atoms with Gasteiger partial charge in [0.15, 0.2) is 23.1 Å². The number of aromatic nitrogens is 1. The molecule has 1 atom stereocenters. The number of esters is 1. The number of allylic oxidation sites excluding steroid dienone is 2. The summed E-state index contributed by atoms with van der Waals surface area (Å²) < 4.78 is 29.3. The number of para-hydroxylation sites is 1. The lowest BCUT2D eigenvalue weighted by molar-refractivity contribution is -0.147. The maximum absolute atomic E-state index is 13.4. The monoisotopic (exact) mass is 634 g/mol. The fourth-order valence-electron chi connectivity index (χ4n) is 5.53. The second-order valence-electron chi connectivity index (χ2n) is 12.4. The molecule has 46 heavy (non-hydrogen) atoms. The van der Waals surface area contributed by atoms with Crippen LogP contribution in [0.2, 0.25) is 0 Å². The first-order valence-corrected chi connectivity index (χ1v) is 15.1. The van der Waals surface area contributed by atoms with Crippen LogP contribution in [0.3, 0.4) is 0 Å². The van der Waals surface area contributed by atoms with Crippen molar-refractivity contribution in [1.29, 1.82) is 0 Å². The fraction of sp³-hybridized carbons (Fsp3) is 0.429. The van der Waals surface area contributed by atoms with Crippen LogP contribution in [0.5, 0.6) is 17.2 Å². The summed E-state index contributed by atoms with van der Waals surface area (Å²) in [5.41, 5.74) is 1.71. The largest absolute Gasteiger partial charge is 0.493 e. The van der Waals surface area contributed by atoms with Crippen LogP contribution in [0.15, 0.2) is 42.6 Å². The van der Waals surface area contributed by atoms with Crippen LogP contribution in [0.1, 0.15) is 58.6 Å². The third-order valence-electron chi connectivity index (χ3n) is 7.40. The van der Waals surface area contributed by atoms with E-state index in [9.17, 15) is 19.2 Å². The number of Topliss-reactive ketones (excluding diaryl/α,β-unsaturated/α-hetero) is 2. The van der Waals surface area contributed by atoms with Crippen molar-refractivity contribution in [1.82, 2.24) is 9.88 Å². The zero-order chi connectivity index (χ0) is 33.8. The number of rotatable bonds is 12.